The quantitative estimate of drug-likeness (QED) is 0.667. The van der Waals surface area contributed by atoms with Gasteiger partial charge >= 0.3 is 5.97 Å². The number of carboxylic acids is 1. The van der Waals surface area contributed by atoms with Crippen molar-refractivity contribution in [1.29, 1.82) is 0 Å². The van der Waals surface area contributed by atoms with Crippen LogP contribution in [0.5, 0.6) is 11.5 Å². The highest BCUT2D eigenvalue weighted by Gasteiger charge is 2.39. The highest BCUT2D eigenvalue weighted by molar-refractivity contribution is 5.78. The SMILES string of the molecule is COc1cc(CO)ccc1OCC(C)(NC1CC1)C(=O)O. The van der Waals surface area contributed by atoms with Crippen molar-refractivity contribution in [3.63, 3.8) is 0 Å². The molecule has 116 valence electrons. The maximum Gasteiger partial charge on any atom is 0.327 e. The van der Waals surface area contributed by atoms with Crippen molar-refractivity contribution in [3.05, 3.63) is 23.8 Å². The second-order valence-electron chi connectivity index (χ2n) is 5.49. The van der Waals surface area contributed by atoms with Gasteiger partial charge in [0.2, 0.25) is 0 Å². The van der Waals surface area contributed by atoms with Gasteiger partial charge in [-0.25, -0.2) is 0 Å². The molecule has 1 aromatic rings. The molecular formula is C15H21NO5. The third-order valence-electron chi connectivity index (χ3n) is 3.50. The molecule has 0 aliphatic heterocycles. The van der Waals surface area contributed by atoms with Gasteiger partial charge in [0.25, 0.3) is 0 Å². The highest BCUT2D eigenvalue weighted by Crippen LogP contribution is 2.29. The molecule has 1 atom stereocenters. The lowest BCUT2D eigenvalue weighted by Gasteiger charge is -2.26. The summed E-state index contributed by atoms with van der Waals surface area (Å²) in [6, 6.07) is 5.31. The average Bonchev–Trinajstić information content (AvgIpc) is 3.28. The first kappa shape index (κ1) is 15.6. The molecule has 2 rings (SSSR count). The third-order valence-corrected chi connectivity index (χ3v) is 3.50. The van der Waals surface area contributed by atoms with Gasteiger partial charge in [-0.1, -0.05) is 6.07 Å². The van der Waals surface area contributed by atoms with Gasteiger partial charge in [-0.15, -0.1) is 0 Å². The molecule has 1 aliphatic carbocycles. The fourth-order valence-corrected chi connectivity index (χ4v) is 2.00. The first-order valence-electron chi connectivity index (χ1n) is 6.90. The first-order chi connectivity index (χ1) is 9.98. The monoisotopic (exact) mass is 295 g/mol. The van der Waals surface area contributed by atoms with E-state index in [1.165, 1.54) is 7.11 Å². The van der Waals surface area contributed by atoms with Crippen molar-refractivity contribution >= 4 is 5.97 Å². The van der Waals surface area contributed by atoms with E-state index in [4.69, 9.17) is 14.6 Å². The fraction of sp³-hybridized carbons (Fsp3) is 0.533. The Morgan fingerprint density at radius 1 is 1.43 bits per heavy atom. The van der Waals surface area contributed by atoms with Gasteiger partial charge in [0.15, 0.2) is 11.5 Å². The summed E-state index contributed by atoms with van der Waals surface area (Å²) in [6.45, 7) is 1.52. The van der Waals surface area contributed by atoms with E-state index in [2.05, 4.69) is 5.32 Å². The van der Waals surface area contributed by atoms with Gasteiger partial charge in [0.05, 0.1) is 13.7 Å². The molecule has 1 unspecified atom stereocenters. The molecule has 1 aliphatic rings. The van der Waals surface area contributed by atoms with E-state index in [1.54, 1.807) is 25.1 Å². The molecule has 1 fully saturated rings. The average molecular weight is 295 g/mol. The molecule has 0 aromatic heterocycles. The number of aliphatic carboxylic acids is 1. The van der Waals surface area contributed by atoms with Gasteiger partial charge in [-0.2, -0.15) is 0 Å². The van der Waals surface area contributed by atoms with Crippen LogP contribution in [0.15, 0.2) is 18.2 Å². The largest absolute Gasteiger partial charge is 0.493 e. The van der Waals surface area contributed by atoms with E-state index in [-0.39, 0.29) is 19.3 Å². The van der Waals surface area contributed by atoms with Gasteiger partial charge < -0.3 is 19.7 Å². The van der Waals surface area contributed by atoms with Gasteiger partial charge in [0.1, 0.15) is 12.1 Å². The zero-order valence-electron chi connectivity index (χ0n) is 12.3. The van der Waals surface area contributed by atoms with Gasteiger partial charge in [-0.05, 0) is 37.5 Å². The van der Waals surface area contributed by atoms with E-state index in [1.807, 2.05) is 0 Å². The molecule has 21 heavy (non-hydrogen) atoms. The molecule has 0 amide bonds. The van der Waals surface area contributed by atoms with Crippen LogP contribution in [0, 0.1) is 0 Å². The molecule has 0 saturated heterocycles. The highest BCUT2D eigenvalue weighted by atomic mass is 16.5. The Kier molecular flexibility index (Phi) is 4.69. The Balaban J connectivity index is 2.07. The maximum absolute atomic E-state index is 11.5. The van der Waals surface area contributed by atoms with Crippen LogP contribution in [0.25, 0.3) is 0 Å². The Labute approximate surface area is 123 Å². The van der Waals surface area contributed by atoms with Crippen LogP contribution in [0.1, 0.15) is 25.3 Å². The third kappa shape index (κ3) is 3.86. The number of hydrogen-bond acceptors (Lipinski definition) is 5. The topological polar surface area (TPSA) is 88.0 Å². The van der Waals surface area contributed by atoms with Crippen LogP contribution in [0.4, 0.5) is 0 Å². The molecule has 6 heteroatoms. The summed E-state index contributed by atoms with van der Waals surface area (Å²) in [5, 5.41) is 21.6. The van der Waals surface area contributed by atoms with Crippen LogP contribution in [0.3, 0.4) is 0 Å². The first-order valence-corrected chi connectivity index (χ1v) is 6.90. The number of methoxy groups -OCH3 is 1. The number of nitrogens with one attached hydrogen (secondary N) is 1. The summed E-state index contributed by atoms with van der Waals surface area (Å²) < 4.78 is 10.8. The number of hydrogen-bond donors (Lipinski definition) is 3. The summed E-state index contributed by atoms with van der Waals surface area (Å²) in [6.07, 6.45) is 1.99. The number of aliphatic hydroxyl groups is 1. The van der Waals surface area contributed by atoms with Crippen LogP contribution >= 0.6 is 0 Å². The Hall–Kier alpha value is -1.79. The van der Waals surface area contributed by atoms with Crippen LogP contribution < -0.4 is 14.8 Å². The van der Waals surface area contributed by atoms with E-state index in [9.17, 15) is 9.90 Å². The maximum atomic E-state index is 11.5. The molecule has 0 bridgehead atoms. The van der Waals surface area contributed by atoms with Crippen molar-refractivity contribution in [2.45, 2.75) is 38.0 Å². The number of rotatable bonds is 8. The lowest BCUT2D eigenvalue weighted by Crippen LogP contribution is -2.54. The lowest BCUT2D eigenvalue weighted by atomic mass is 10.0. The molecule has 0 radical (unpaired) electrons. The minimum Gasteiger partial charge on any atom is -0.493 e. The number of benzene rings is 1. The smallest absolute Gasteiger partial charge is 0.327 e. The predicted molar refractivity (Wildman–Crippen MR) is 76.6 cm³/mol. The van der Waals surface area contributed by atoms with Crippen LogP contribution in [-0.2, 0) is 11.4 Å². The van der Waals surface area contributed by atoms with Crippen molar-refractivity contribution < 1.29 is 24.5 Å². The van der Waals surface area contributed by atoms with Crippen molar-refractivity contribution in [2.75, 3.05) is 13.7 Å². The molecule has 3 N–H and O–H groups in total. The summed E-state index contributed by atoms with van der Waals surface area (Å²) in [4.78, 5) is 11.5. The summed E-state index contributed by atoms with van der Waals surface area (Å²) >= 11 is 0. The number of aliphatic hydroxyl groups excluding tert-OH is 1. The van der Waals surface area contributed by atoms with Crippen LogP contribution in [-0.4, -0.2) is 41.5 Å². The van der Waals surface area contributed by atoms with Crippen LogP contribution in [0.2, 0.25) is 0 Å². The normalized spacial score (nSPS) is 17.1. The van der Waals surface area contributed by atoms with E-state index < -0.39 is 11.5 Å². The molecule has 0 heterocycles. The number of carbonyl (C=O) groups is 1. The number of ether oxygens (including phenoxy) is 2. The summed E-state index contributed by atoms with van der Waals surface area (Å²) in [5.41, 5.74) is -0.432. The Morgan fingerprint density at radius 3 is 2.67 bits per heavy atom. The van der Waals surface area contributed by atoms with Gasteiger partial charge in [-0.3, -0.25) is 10.1 Å². The molecule has 1 saturated carbocycles. The molecular weight excluding hydrogens is 274 g/mol. The zero-order valence-corrected chi connectivity index (χ0v) is 12.3. The second kappa shape index (κ2) is 6.32. The predicted octanol–water partition coefficient (Wildman–Crippen LogP) is 1.16. The Morgan fingerprint density at radius 2 is 2.14 bits per heavy atom. The standard InChI is InChI=1S/C15H21NO5/c1-15(14(18)19,16-11-4-5-11)9-21-12-6-3-10(8-17)7-13(12)20-2/h3,6-7,11,16-17H,4-5,8-9H2,1-2H3,(H,18,19). The molecule has 6 nitrogen and oxygen atoms in total. The van der Waals surface area contributed by atoms with E-state index in [0.717, 1.165) is 12.8 Å². The van der Waals surface area contributed by atoms with E-state index >= 15 is 0 Å². The molecule has 0 spiro atoms. The molecule has 1 aromatic carbocycles. The Bertz CT molecular complexity index is 515. The fourth-order valence-electron chi connectivity index (χ4n) is 2.00. The van der Waals surface area contributed by atoms with Crippen molar-refractivity contribution in [1.82, 2.24) is 5.32 Å². The minimum atomic E-state index is -1.14. The minimum absolute atomic E-state index is 0.00628. The van der Waals surface area contributed by atoms with Gasteiger partial charge in [0, 0.05) is 6.04 Å². The summed E-state index contributed by atoms with van der Waals surface area (Å²) in [5.74, 6) is -0.0131. The van der Waals surface area contributed by atoms with E-state index in [0.29, 0.717) is 17.1 Å². The van der Waals surface area contributed by atoms with Crippen molar-refractivity contribution in [2.24, 2.45) is 0 Å². The van der Waals surface area contributed by atoms with Crippen molar-refractivity contribution in [3.8, 4) is 11.5 Å². The lowest BCUT2D eigenvalue weighted by molar-refractivity contribution is -0.145. The second-order valence-corrected chi connectivity index (χ2v) is 5.49. The zero-order chi connectivity index (χ0) is 15.5. The number of carboxylic acid groups (broad SMARTS) is 1. The summed E-state index contributed by atoms with van der Waals surface area (Å²) in [7, 11) is 1.50.